The van der Waals surface area contributed by atoms with E-state index in [-0.39, 0.29) is 5.78 Å². The Kier molecular flexibility index (Phi) is 2.90. The van der Waals surface area contributed by atoms with Crippen LogP contribution in [-0.4, -0.2) is 15.6 Å². The number of rotatable bonds is 4. The number of furan rings is 1. The Balaban J connectivity index is 1.96. The maximum atomic E-state index is 11.8. The highest BCUT2D eigenvalue weighted by atomic mass is 16.3. The molecule has 0 aromatic carbocycles. The first-order chi connectivity index (χ1) is 7.66. The molecule has 0 radical (unpaired) electrons. The van der Waals surface area contributed by atoms with Gasteiger partial charge in [0.05, 0.1) is 18.0 Å². The number of carbonyl (C=O) groups excluding carboxylic acids is 1. The molecule has 4 nitrogen and oxygen atoms in total. The summed E-state index contributed by atoms with van der Waals surface area (Å²) < 4.78 is 6.84. The zero-order valence-electron chi connectivity index (χ0n) is 9.43. The van der Waals surface area contributed by atoms with Gasteiger partial charge in [0.25, 0.3) is 0 Å². The third-order valence-corrected chi connectivity index (χ3v) is 2.56. The van der Waals surface area contributed by atoms with Crippen molar-refractivity contribution in [3.63, 3.8) is 0 Å². The van der Waals surface area contributed by atoms with Gasteiger partial charge >= 0.3 is 0 Å². The maximum absolute atomic E-state index is 11.8. The molecular weight excluding hydrogens is 204 g/mol. The molecular formula is C12H14N2O2. The molecule has 0 amide bonds. The summed E-state index contributed by atoms with van der Waals surface area (Å²) in [7, 11) is 1.87. The number of Topliss-reactive ketones (excluding diaryl/α,β-unsaturated/α-hetero) is 1. The lowest BCUT2D eigenvalue weighted by molar-refractivity contribution is 0.0981. The van der Waals surface area contributed by atoms with Crippen molar-refractivity contribution in [2.45, 2.75) is 19.8 Å². The molecule has 0 atom stereocenters. The first-order valence-corrected chi connectivity index (χ1v) is 5.21. The Hall–Kier alpha value is -1.84. The van der Waals surface area contributed by atoms with E-state index in [4.69, 9.17) is 4.42 Å². The number of carbonyl (C=O) groups is 1. The van der Waals surface area contributed by atoms with E-state index in [0.29, 0.717) is 17.7 Å². The summed E-state index contributed by atoms with van der Waals surface area (Å²) in [4.78, 5) is 11.8. The average molecular weight is 218 g/mol. The lowest BCUT2D eigenvalue weighted by Crippen LogP contribution is -2.01. The molecule has 0 aliphatic rings. The summed E-state index contributed by atoms with van der Waals surface area (Å²) in [5.74, 6) is 0.811. The van der Waals surface area contributed by atoms with Gasteiger partial charge in [-0.1, -0.05) is 0 Å². The van der Waals surface area contributed by atoms with E-state index in [2.05, 4.69) is 5.10 Å². The number of nitrogens with zero attached hydrogens (tertiary/aromatic N) is 2. The van der Waals surface area contributed by atoms with E-state index in [9.17, 15) is 4.79 Å². The smallest absolute Gasteiger partial charge is 0.166 e. The van der Waals surface area contributed by atoms with Gasteiger partial charge in [0.2, 0.25) is 0 Å². The molecule has 0 saturated carbocycles. The van der Waals surface area contributed by atoms with Crippen molar-refractivity contribution in [1.82, 2.24) is 9.78 Å². The van der Waals surface area contributed by atoms with Crippen molar-refractivity contribution in [3.8, 4) is 0 Å². The standard InChI is InChI=1S/C12H14N2O2/c1-9-11(5-6-16-9)12(15)4-3-10-7-13-14(2)8-10/h5-8H,3-4H2,1-2H3. The first kappa shape index (κ1) is 10.7. The van der Waals surface area contributed by atoms with Crippen molar-refractivity contribution in [3.05, 3.63) is 41.6 Å². The van der Waals surface area contributed by atoms with Gasteiger partial charge in [-0.3, -0.25) is 9.48 Å². The van der Waals surface area contributed by atoms with Crippen LogP contribution in [0.1, 0.15) is 28.1 Å². The highest BCUT2D eigenvalue weighted by molar-refractivity contribution is 5.96. The molecule has 0 spiro atoms. The normalized spacial score (nSPS) is 10.6. The monoisotopic (exact) mass is 218 g/mol. The first-order valence-electron chi connectivity index (χ1n) is 5.21. The molecule has 2 rings (SSSR count). The van der Waals surface area contributed by atoms with Crippen LogP contribution in [0, 0.1) is 6.92 Å². The topological polar surface area (TPSA) is 48.0 Å². The van der Waals surface area contributed by atoms with Gasteiger partial charge in [-0.2, -0.15) is 5.10 Å². The molecule has 16 heavy (non-hydrogen) atoms. The summed E-state index contributed by atoms with van der Waals surface area (Å²) in [5, 5.41) is 4.06. The second-order valence-corrected chi connectivity index (χ2v) is 3.84. The lowest BCUT2D eigenvalue weighted by Gasteiger charge is -1.97. The van der Waals surface area contributed by atoms with Crippen LogP contribution in [0.15, 0.2) is 29.1 Å². The number of aryl methyl sites for hydroxylation is 3. The highest BCUT2D eigenvalue weighted by Crippen LogP contribution is 2.13. The number of aromatic nitrogens is 2. The van der Waals surface area contributed by atoms with E-state index in [1.54, 1.807) is 30.1 Å². The minimum atomic E-state index is 0.120. The Bertz CT molecular complexity index is 497. The molecule has 0 bridgehead atoms. The summed E-state index contributed by atoms with van der Waals surface area (Å²) >= 11 is 0. The van der Waals surface area contributed by atoms with E-state index >= 15 is 0 Å². The molecule has 0 aliphatic carbocycles. The van der Waals surface area contributed by atoms with Crippen LogP contribution in [0.4, 0.5) is 0 Å². The van der Waals surface area contributed by atoms with Crippen LogP contribution in [0.2, 0.25) is 0 Å². The molecule has 2 aromatic heterocycles. The number of ketones is 1. The van der Waals surface area contributed by atoms with Crippen molar-refractivity contribution in [2.24, 2.45) is 7.05 Å². The number of hydrogen-bond donors (Lipinski definition) is 0. The van der Waals surface area contributed by atoms with Gasteiger partial charge < -0.3 is 4.42 Å². The molecule has 0 unspecified atom stereocenters. The van der Waals surface area contributed by atoms with Crippen molar-refractivity contribution < 1.29 is 9.21 Å². The van der Waals surface area contributed by atoms with Crippen LogP contribution >= 0.6 is 0 Å². The fraction of sp³-hybridized carbons (Fsp3) is 0.333. The van der Waals surface area contributed by atoms with Gasteiger partial charge in [-0.25, -0.2) is 0 Å². The van der Waals surface area contributed by atoms with E-state index in [0.717, 1.165) is 12.0 Å². The highest BCUT2D eigenvalue weighted by Gasteiger charge is 2.11. The third kappa shape index (κ3) is 2.21. The summed E-state index contributed by atoms with van der Waals surface area (Å²) in [6.07, 6.45) is 6.47. The average Bonchev–Trinajstić information content (AvgIpc) is 2.84. The lowest BCUT2D eigenvalue weighted by atomic mass is 10.1. The van der Waals surface area contributed by atoms with E-state index in [1.165, 1.54) is 0 Å². The molecule has 0 aliphatic heterocycles. The zero-order chi connectivity index (χ0) is 11.5. The van der Waals surface area contributed by atoms with E-state index < -0.39 is 0 Å². The van der Waals surface area contributed by atoms with E-state index in [1.807, 2.05) is 13.2 Å². The molecule has 2 aromatic rings. The molecule has 84 valence electrons. The second-order valence-electron chi connectivity index (χ2n) is 3.84. The Morgan fingerprint density at radius 3 is 2.94 bits per heavy atom. The van der Waals surface area contributed by atoms with Gasteiger partial charge in [0.15, 0.2) is 5.78 Å². The third-order valence-electron chi connectivity index (χ3n) is 2.56. The van der Waals surface area contributed by atoms with Crippen molar-refractivity contribution in [2.75, 3.05) is 0 Å². The van der Waals surface area contributed by atoms with Crippen LogP contribution in [0.3, 0.4) is 0 Å². The van der Waals surface area contributed by atoms with Crippen LogP contribution in [0.5, 0.6) is 0 Å². The maximum Gasteiger partial charge on any atom is 0.166 e. The predicted molar refractivity (Wildman–Crippen MR) is 59.3 cm³/mol. The van der Waals surface area contributed by atoms with Gasteiger partial charge in [-0.05, 0) is 25.0 Å². The minimum Gasteiger partial charge on any atom is -0.469 e. The minimum absolute atomic E-state index is 0.120. The predicted octanol–water partition coefficient (Wildman–Crippen LogP) is 2.14. The molecule has 0 N–H and O–H groups in total. The summed E-state index contributed by atoms with van der Waals surface area (Å²) in [5.41, 5.74) is 1.76. The Morgan fingerprint density at radius 2 is 2.38 bits per heavy atom. The van der Waals surface area contributed by atoms with Crippen LogP contribution < -0.4 is 0 Å². The van der Waals surface area contributed by atoms with Crippen LogP contribution in [0.25, 0.3) is 0 Å². The zero-order valence-corrected chi connectivity index (χ0v) is 9.43. The Morgan fingerprint density at radius 1 is 1.56 bits per heavy atom. The second kappa shape index (κ2) is 4.35. The molecule has 0 saturated heterocycles. The van der Waals surface area contributed by atoms with Gasteiger partial charge in [-0.15, -0.1) is 0 Å². The largest absolute Gasteiger partial charge is 0.469 e. The van der Waals surface area contributed by atoms with Crippen LogP contribution in [-0.2, 0) is 13.5 Å². The summed E-state index contributed by atoms with van der Waals surface area (Å²) in [6.45, 7) is 1.80. The fourth-order valence-corrected chi connectivity index (χ4v) is 1.67. The molecule has 0 fully saturated rings. The SMILES string of the molecule is Cc1occc1C(=O)CCc1cnn(C)c1. The molecule has 4 heteroatoms. The fourth-order valence-electron chi connectivity index (χ4n) is 1.67. The van der Waals surface area contributed by atoms with Gasteiger partial charge in [0.1, 0.15) is 5.76 Å². The quantitative estimate of drug-likeness (QED) is 0.739. The van der Waals surface area contributed by atoms with Gasteiger partial charge in [0, 0.05) is 19.7 Å². The number of hydrogen-bond acceptors (Lipinski definition) is 3. The summed E-state index contributed by atoms with van der Waals surface area (Å²) in [6, 6.07) is 1.72. The molecule has 2 heterocycles. The van der Waals surface area contributed by atoms with Crippen molar-refractivity contribution in [1.29, 1.82) is 0 Å². The van der Waals surface area contributed by atoms with Crippen molar-refractivity contribution >= 4 is 5.78 Å². The Labute approximate surface area is 93.9 Å².